The zero-order valence-electron chi connectivity index (χ0n) is 21.1. The van der Waals surface area contributed by atoms with Crippen LogP contribution in [-0.4, -0.2) is 19.3 Å². The molecular formula is C31H27N3O3S. The van der Waals surface area contributed by atoms with E-state index in [9.17, 15) is 13.2 Å². The van der Waals surface area contributed by atoms with Crippen LogP contribution in [0.3, 0.4) is 0 Å². The van der Waals surface area contributed by atoms with E-state index in [1.807, 2.05) is 49.4 Å². The van der Waals surface area contributed by atoms with Crippen molar-refractivity contribution in [3.05, 3.63) is 120 Å². The highest BCUT2D eigenvalue weighted by Crippen LogP contribution is 2.27. The summed E-state index contributed by atoms with van der Waals surface area (Å²) in [6.45, 7) is 4.01. The highest BCUT2D eigenvalue weighted by molar-refractivity contribution is 7.92. The van der Waals surface area contributed by atoms with Gasteiger partial charge in [-0.2, -0.15) is 0 Å². The molecule has 5 aromatic rings. The number of hydrogen-bond acceptors (Lipinski definition) is 4. The molecule has 7 heteroatoms. The second kappa shape index (κ2) is 10.5. The van der Waals surface area contributed by atoms with Crippen molar-refractivity contribution < 1.29 is 13.2 Å². The topological polar surface area (TPSA) is 88.2 Å². The summed E-state index contributed by atoms with van der Waals surface area (Å²) in [5.74, 6) is -0.275. The number of benzene rings is 4. The smallest absolute Gasteiger partial charge is 0.261 e. The molecule has 0 atom stereocenters. The van der Waals surface area contributed by atoms with E-state index in [2.05, 4.69) is 29.1 Å². The molecule has 5 rings (SSSR count). The van der Waals surface area contributed by atoms with Crippen molar-refractivity contribution >= 4 is 38.2 Å². The molecule has 0 unspecified atom stereocenters. The zero-order chi connectivity index (χ0) is 26.7. The van der Waals surface area contributed by atoms with E-state index in [0.717, 1.165) is 34.1 Å². The van der Waals surface area contributed by atoms with E-state index in [0.29, 0.717) is 16.9 Å². The van der Waals surface area contributed by atoms with Gasteiger partial charge in [0.15, 0.2) is 0 Å². The van der Waals surface area contributed by atoms with Crippen molar-refractivity contribution in [3.8, 4) is 11.3 Å². The molecule has 4 aromatic carbocycles. The number of para-hydroxylation sites is 1. The fourth-order valence-electron chi connectivity index (χ4n) is 4.17. The number of aryl methyl sites for hydroxylation is 2. The molecule has 0 aliphatic carbocycles. The Bertz CT molecular complexity index is 1710. The minimum atomic E-state index is -3.71. The number of amides is 1. The molecular weight excluding hydrogens is 494 g/mol. The van der Waals surface area contributed by atoms with Gasteiger partial charge in [-0.05, 0) is 67.4 Å². The van der Waals surface area contributed by atoms with Gasteiger partial charge in [-0.3, -0.25) is 9.52 Å². The van der Waals surface area contributed by atoms with Crippen molar-refractivity contribution in [2.45, 2.75) is 25.2 Å². The zero-order valence-corrected chi connectivity index (χ0v) is 21.9. The Kier molecular flexibility index (Phi) is 6.94. The number of carbonyl (C=O) groups excluding carboxylic acids is 1. The minimum absolute atomic E-state index is 0.185. The Labute approximate surface area is 222 Å². The largest absolute Gasteiger partial charge is 0.322 e. The average molecular weight is 522 g/mol. The molecule has 1 heterocycles. The Morgan fingerprint density at radius 3 is 2.16 bits per heavy atom. The lowest BCUT2D eigenvalue weighted by molar-refractivity contribution is 0.102. The van der Waals surface area contributed by atoms with E-state index < -0.39 is 10.0 Å². The first-order chi connectivity index (χ1) is 18.3. The van der Waals surface area contributed by atoms with Gasteiger partial charge in [0, 0.05) is 22.3 Å². The summed E-state index contributed by atoms with van der Waals surface area (Å²) >= 11 is 0. The first kappa shape index (κ1) is 25.2. The van der Waals surface area contributed by atoms with Crippen molar-refractivity contribution in [2.75, 3.05) is 10.0 Å². The Morgan fingerprint density at radius 2 is 1.47 bits per heavy atom. The fraction of sp³-hybridized carbons (Fsp3) is 0.0968. The molecule has 2 N–H and O–H groups in total. The number of sulfonamides is 1. The van der Waals surface area contributed by atoms with Crippen LogP contribution in [0.2, 0.25) is 0 Å². The number of hydrogen-bond donors (Lipinski definition) is 2. The van der Waals surface area contributed by atoms with Crippen molar-refractivity contribution in [1.29, 1.82) is 0 Å². The van der Waals surface area contributed by atoms with Crippen LogP contribution >= 0.6 is 0 Å². The Hall–Kier alpha value is -4.49. The predicted molar refractivity (Wildman–Crippen MR) is 153 cm³/mol. The van der Waals surface area contributed by atoms with Gasteiger partial charge >= 0.3 is 0 Å². The van der Waals surface area contributed by atoms with E-state index in [1.54, 1.807) is 48.5 Å². The van der Waals surface area contributed by atoms with Crippen LogP contribution < -0.4 is 10.0 Å². The summed E-state index contributed by atoms with van der Waals surface area (Å²) in [6, 6.07) is 30.7. The molecule has 0 saturated heterocycles. The fourth-order valence-corrected chi connectivity index (χ4v) is 5.23. The molecule has 1 amide bonds. The van der Waals surface area contributed by atoms with Crippen LogP contribution in [0.25, 0.3) is 22.2 Å². The maximum Gasteiger partial charge on any atom is 0.261 e. The molecule has 0 aliphatic heterocycles. The standard InChI is InChI=1S/C31H27N3O3S/c1-3-22-10-12-23(13-11-22)30-20-28(27-6-4-5-7-29(27)33-30)31(35)32-24-14-16-25(17-15-24)34-38(36,37)26-18-8-21(2)9-19-26/h4-20,34H,3H2,1-2H3,(H,32,35). The van der Waals surface area contributed by atoms with Gasteiger partial charge < -0.3 is 5.32 Å². The van der Waals surface area contributed by atoms with Crippen molar-refractivity contribution in [1.82, 2.24) is 4.98 Å². The lowest BCUT2D eigenvalue weighted by atomic mass is 10.0. The number of carbonyl (C=O) groups is 1. The van der Waals surface area contributed by atoms with Crippen LogP contribution in [0.4, 0.5) is 11.4 Å². The third-order valence-electron chi connectivity index (χ3n) is 6.35. The van der Waals surface area contributed by atoms with Gasteiger partial charge in [-0.15, -0.1) is 0 Å². The minimum Gasteiger partial charge on any atom is -0.322 e. The van der Waals surface area contributed by atoms with E-state index in [-0.39, 0.29) is 10.8 Å². The molecule has 0 bridgehead atoms. The van der Waals surface area contributed by atoms with Gasteiger partial charge in [-0.1, -0.05) is 67.1 Å². The highest BCUT2D eigenvalue weighted by atomic mass is 32.2. The van der Waals surface area contributed by atoms with Crippen LogP contribution in [0.15, 0.2) is 108 Å². The maximum atomic E-state index is 13.4. The number of aromatic nitrogens is 1. The number of fused-ring (bicyclic) bond motifs is 1. The van der Waals surface area contributed by atoms with Crippen LogP contribution in [-0.2, 0) is 16.4 Å². The molecule has 0 spiro atoms. The number of rotatable bonds is 7. The van der Waals surface area contributed by atoms with Gasteiger partial charge in [-0.25, -0.2) is 13.4 Å². The van der Waals surface area contributed by atoms with Crippen LogP contribution in [0, 0.1) is 6.92 Å². The Balaban J connectivity index is 1.38. The molecule has 0 aliphatic rings. The third-order valence-corrected chi connectivity index (χ3v) is 7.74. The number of nitrogens with zero attached hydrogens (tertiary/aromatic N) is 1. The number of nitrogens with one attached hydrogen (secondary N) is 2. The van der Waals surface area contributed by atoms with Gasteiger partial charge in [0.05, 0.1) is 21.7 Å². The average Bonchev–Trinajstić information content (AvgIpc) is 2.93. The SMILES string of the molecule is CCc1ccc(-c2cc(C(=O)Nc3ccc(NS(=O)(=O)c4ccc(C)cc4)cc3)c3ccccc3n2)cc1. The normalized spacial score (nSPS) is 11.3. The van der Waals surface area contributed by atoms with E-state index in [4.69, 9.17) is 4.98 Å². The summed E-state index contributed by atoms with van der Waals surface area (Å²) in [5.41, 5.74) is 6.05. The monoisotopic (exact) mass is 521 g/mol. The summed E-state index contributed by atoms with van der Waals surface area (Å²) in [4.78, 5) is 18.4. The predicted octanol–water partition coefficient (Wildman–Crippen LogP) is 6.83. The Morgan fingerprint density at radius 1 is 0.816 bits per heavy atom. The maximum absolute atomic E-state index is 13.4. The van der Waals surface area contributed by atoms with E-state index >= 15 is 0 Å². The quantitative estimate of drug-likeness (QED) is 0.246. The lowest BCUT2D eigenvalue weighted by Crippen LogP contribution is -2.14. The first-order valence-corrected chi connectivity index (χ1v) is 13.8. The first-order valence-electron chi connectivity index (χ1n) is 12.3. The summed E-state index contributed by atoms with van der Waals surface area (Å²) in [5, 5.41) is 3.68. The molecule has 190 valence electrons. The molecule has 0 radical (unpaired) electrons. The summed E-state index contributed by atoms with van der Waals surface area (Å²) in [6.07, 6.45) is 0.950. The number of pyridine rings is 1. The second-order valence-corrected chi connectivity index (χ2v) is 10.8. The molecule has 1 aromatic heterocycles. The number of anilines is 2. The van der Waals surface area contributed by atoms with Crippen molar-refractivity contribution in [2.24, 2.45) is 0 Å². The van der Waals surface area contributed by atoms with Crippen LogP contribution in [0.5, 0.6) is 0 Å². The highest BCUT2D eigenvalue weighted by Gasteiger charge is 2.16. The molecule has 6 nitrogen and oxygen atoms in total. The summed E-state index contributed by atoms with van der Waals surface area (Å²) in [7, 11) is -3.71. The third kappa shape index (κ3) is 5.43. The van der Waals surface area contributed by atoms with Crippen LogP contribution in [0.1, 0.15) is 28.4 Å². The summed E-state index contributed by atoms with van der Waals surface area (Å²) < 4.78 is 27.9. The molecule has 38 heavy (non-hydrogen) atoms. The van der Waals surface area contributed by atoms with Gasteiger partial charge in [0.2, 0.25) is 0 Å². The molecule has 0 saturated carbocycles. The molecule has 0 fully saturated rings. The van der Waals surface area contributed by atoms with Gasteiger partial charge in [0.25, 0.3) is 15.9 Å². The lowest BCUT2D eigenvalue weighted by Gasteiger charge is -2.12. The van der Waals surface area contributed by atoms with Gasteiger partial charge in [0.1, 0.15) is 0 Å². The van der Waals surface area contributed by atoms with Crippen molar-refractivity contribution in [3.63, 3.8) is 0 Å². The van der Waals surface area contributed by atoms with E-state index in [1.165, 1.54) is 5.56 Å². The second-order valence-electron chi connectivity index (χ2n) is 9.07.